The number of amides is 1. The first kappa shape index (κ1) is 12.5. The second-order valence-corrected chi connectivity index (χ2v) is 3.80. The Balaban J connectivity index is 2.69. The third-order valence-corrected chi connectivity index (χ3v) is 2.31. The van der Waals surface area contributed by atoms with Gasteiger partial charge in [0.05, 0.1) is 6.61 Å². The summed E-state index contributed by atoms with van der Waals surface area (Å²) in [6.07, 6.45) is 5.46. The zero-order chi connectivity index (χ0) is 12.0. The zero-order valence-electron chi connectivity index (χ0n) is 9.71. The van der Waals surface area contributed by atoms with Gasteiger partial charge in [-0.05, 0) is 32.8 Å². The van der Waals surface area contributed by atoms with E-state index in [1.807, 2.05) is 12.2 Å². The highest BCUT2D eigenvalue weighted by atomic mass is 16.3. The lowest BCUT2D eigenvalue weighted by atomic mass is 9.99. The maximum atomic E-state index is 11.7. The van der Waals surface area contributed by atoms with Gasteiger partial charge in [-0.15, -0.1) is 5.92 Å². The Labute approximate surface area is 96.2 Å². The third-order valence-electron chi connectivity index (χ3n) is 2.31. The minimum atomic E-state index is -0.218. The fraction of sp³-hybridized carbons (Fsp3) is 0.462. The van der Waals surface area contributed by atoms with Crippen LogP contribution in [0.3, 0.4) is 0 Å². The largest absolute Gasteiger partial charge is 0.394 e. The molecule has 0 heterocycles. The summed E-state index contributed by atoms with van der Waals surface area (Å²) in [6.45, 7) is 3.49. The van der Waals surface area contributed by atoms with Crippen LogP contribution in [0.25, 0.3) is 0 Å². The molecule has 0 aromatic heterocycles. The molecule has 0 radical (unpaired) electrons. The van der Waals surface area contributed by atoms with E-state index in [9.17, 15) is 4.79 Å². The van der Waals surface area contributed by atoms with Gasteiger partial charge >= 0.3 is 0 Å². The van der Waals surface area contributed by atoms with Crippen LogP contribution in [-0.4, -0.2) is 23.7 Å². The van der Waals surface area contributed by atoms with Gasteiger partial charge in [-0.25, -0.2) is 0 Å². The average Bonchev–Trinajstić information content (AvgIpc) is 2.29. The number of rotatable bonds is 3. The first-order valence-electron chi connectivity index (χ1n) is 5.42. The molecule has 16 heavy (non-hydrogen) atoms. The van der Waals surface area contributed by atoms with Crippen molar-refractivity contribution in [3.05, 3.63) is 23.3 Å². The van der Waals surface area contributed by atoms with Crippen LogP contribution in [0, 0.1) is 11.8 Å². The fourth-order valence-corrected chi connectivity index (χ4v) is 1.47. The van der Waals surface area contributed by atoms with Crippen LogP contribution in [0.2, 0.25) is 0 Å². The molecule has 0 spiro atoms. The summed E-state index contributed by atoms with van der Waals surface area (Å²) in [5, 5.41) is 11.6. The van der Waals surface area contributed by atoms with Gasteiger partial charge < -0.3 is 10.4 Å². The number of nitrogens with one attached hydrogen (secondary N) is 1. The summed E-state index contributed by atoms with van der Waals surface area (Å²) in [5.41, 5.74) is 1.64. The van der Waals surface area contributed by atoms with Gasteiger partial charge in [-0.2, -0.15) is 0 Å². The van der Waals surface area contributed by atoms with Gasteiger partial charge in [0.1, 0.15) is 0 Å². The minimum absolute atomic E-state index is 0.0512. The van der Waals surface area contributed by atoms with Crippen LogP contribution in [-0.2, 0) is 4.79 Å². The summed E-state index contributed by atoms with van der Waals surface area (Å²) in [4.78, 5) is 11.7. The standard InChI is InChI=1S/C13H17NO2/c1-3-5-11-6-4-7-12(8-11)13(16)14-10(2)9-15/h7-8,10,15H,4,6,9H2,1-2H3,(H,14,16). The second kappa shape index (κ2) is 6.14. The van der Waals surface area contributed by atoms with Crippen LogP contribution in [0.5, 0.6) is 0 Å². The number of hydrogen-bond donors (Lipinski definition) is 2. The summed E-state index contributed by atoms with van der Waals surface area (Å²) >= 11 is 0. The molecule has 0 aliphatic heterocycles. The van der Waals surface area contributed by atoms with Crippen molar-refractivity contribution in [2.45, 2.75) is 32.7 Å². The first-order chi connectivity index (χ1) is 7.67. The van der Waals surface area contributed by atoms with E-state index in [-0.39, 0.29) is 18.6 Å². The molecule has 0 saturated carbocycles. The van der Waals surface area contributed by atoms with Crippen molar-refractivity contribution in [2.24, 2.45) is 0 Å². The van der Waals surface area contributed by atoms with Crippen molar-refractivity contribution in [1.29, 1.82) is 0 Å². The molecule has 0 aromatic rings. The van der Waals surface area contributed by atoms with Crippen molar-refractivity contribution in [2.75, 3.05) is 6.61 Å². The molecular formula is C13H17NO2. The first-order valence-corrected chi connectivity index (χ1v) is 5.42. The van der Waals surface area contributed by atoms with Crippen LogP contribution >= 0.6 is 0 Å². The van der Waals surface area contributed by atoms with Crippen molar-refractivity contribution in [1.82, 2.24) is 5.32 Å². The molecule has 1 atom stereocenters. The summed E-state index contributed by atoms with van der Waals surface area (Å²) in [5.74, 6) is 5.67. The highest BCUT2D eigenvalue weighted by Gasteiger charge is 2.13. The van der Waals surface area contributed by atoms with E-state index < -0.39 is 0 Å². The molecule has 1 aliphatic carbocycles. The molecule has 3 nitrogen and oxygen atoms in total. The predicted octanol–water partition coefficient (Wildman–Crippen LogP) is 1.15. The highest BCUT2D eigenvalue weighted by molar-refractivity contribution is 5.96. The minimum Gasteiger partial charge on any atom is -0.394 e. The Hall–Kier alpha value is -1.53. The van der Waals surface area contributed by atoms with Crippen LogP contribution < -0.4 is 5.32 Å². The normalized spacial score (nSPS) is 16.4. The zero-order valence-corrected chi connectivity index (χ0v) is 9.71. The number of hydrogen-bond acceptors (Lipinski definition) is 2. The molecule has 3 heteroatoms. The van der Waals surface area contributed by atoms with E-state index in [4.69, 9.17) is 5.11 Å². The van der Waals surface area contributed by atoms with Gasteiger partial charge in [0, 0.05) is 17.2 Å². The van der Waals surface area contributed by atoms with E-state index in [0.717, 1.165) is 18.4 Å². The fourth-order valence-electron chi connectivity index (χ4n) is 1.47. The van der Waals surface area contributed by atoms with E-state index in [1.165, 1.54) is 0 Å². The molecule has 0 fully saturated rings. The van der Waals surface area contributed by atoms with Gasteiger partial charge in [-0.3, -0.25) is 4.79 Å². The summed E-state index contributed by atoms with van der Waals surface area (Å²) in [7, 11) is 0. The predicted molar refractivity (Wildman–Crippen MR) is 63.5 cm³/mol. The SMILES string of the molecule is CC#CC1=CC(C(=O)NC(C)CO)=CCC1. The lowest BCUT2D eigenvalue weighted by molar-refractivity contribution is -0.118. The van der Waals surface area contributed by atoms with E-state index in [1.54, 1.807) is 13.8 Å². The number of carbonyl (C=O) groups is 1. The Bertz CT molecular complexity index is 382. The highest BCUT2D eigenvalue weighted by Crippen LogP contribution is 2.16. The van der Waals surface area contributed by atoms with Crippen molar-refractivity contribution < 1.29 is 9.90 Å². The second-order valence-electron chi connectivity index (χ2n) is 3.80. The van der Waals surface area contributed by atoms with Crippen molar-refractivity contribution in [3.63, 3.8) is 0 Å². The number of allylic oxidation sites excluding steroid dienone is 2. The van der Waals surface area contributed by atoms with Gasteiger partial charge in [-0.1, -0.05) is 12.0 Å². The molecule has 0 saturated heterocycles. The lowest BCUT2D eigenvalue weighted by Crippen LogP contribution is -2.35. The number of aliphatic hydroxyl groups is 1. The Kier molecular flexibility index (Phi) is 4.81. The van der Waals surface area contributed by atoms with Crippen molar-refractivity contribution >= 4 is 5.91 Å². The van der Waals surface area contributed by atoms with Crippen LogP contribution in [0.1, 0.15) is 26.7 Å². The number of carbonyl (C=O) groups excluding carboxylic acids is 1. The molecule has 1 amide bonds. The maximum absolute atomic E-state index is 11.7. The quantitative estimate of drug-likeness (QED) is 0.700. The van der Waals surface area contributed by atoms with Gasteiger partial charge in [0.15, 0.2) is 0 Å². The molecule has 86 valence electrons. The smallest absolute Gasteiger partial charge is 0.251 e. The topological polar surface area (TPSA) is 49.3 Å². The summed E-state index contributed by atoms with van der Waals surface area (Å²) < 4.78 is 0. The van der Waals surface area contributed by atoms with Gasteiger partial charge in [0.2, 0.25) is 0 Å². The lowest BCUT2D eigenvalue weighted by Gasteiger charge is -2.14. The molecule has 1 aliphatic rings. The van der Waals surface area contributed by atoms with E-state index in [0.29, 0.717) is 5.57 Å². The van der Waals surface area contributed by atoms with Crippen LogP contribution in [0.4, 0.5) is 0 Å². The Morgan fingerprint density at radius 3 is 3.06 bits per heavy atom. The molecule has 1 unspecified atom stereocenters. The van der Waals surface area contributed by atoms with Crippen LogP contribution in [0.15, 0.2) is 23.3 Å². The molecule has 1 rings (SSSR count). The number of aliphatic hydroxyl groups excluding tert-OH is 1. The molecule has 2 N–H and O–H groups in total. The molecule has 0 aromatic carbocycles. The van der Waals surface area contributed by atoms with Gasteiger partial charge in [0.25, 0.3) is 5.91 Å². The molecule has 0 bridgehead atoms. The monoisotopic (exact) mass is 219 g/mol. The van der Waals surface area contributed by atoms with E-state index in [2.05, 4.69) is 17.2 Å². The average molecular weight is 219 g/mol. The summed E-state index contributed by atoms with van der Waals surface area (Å²) in [6, 6.07) is -0.218. The van der Waals surface area contributed by atoms with E-state index >= 15 is 0 Å². The Morgan fingerprint density at radius 1 is 1.69 bits per heavy atom. The molecular weight excluding hydrogens is 202 g/mol. The Morgan fingerprint density at radius 2 is 2.44 bits per heavy atom. The maximum Gasteiger partial charge on any atom is 0.251 e. The third kappa shape index (κ3) is 3.56. The van der Waals surface area contributed by atoms with Crippen molar-refractivity contribution in [3.8, 4) is 11.8 Å².